The lowest BCUT2D eigenvalue weighted by molar-refractivity contribution is -0.120. The summed E-state index contributed by atoms with van der Waals surface area (Å²) in [6.07, 6.45) is 0. The zero-order valence-electron chi connectivity index (χ0n) is 9.73. The first kappa shape index (κ1) is 12.3. The molecular formula is C9H17N5O2. The number of nitrogens with zero attached hydrogens (tertiary/aromatic N) is 3. The van der Waals surface area contributed by atoms with Gasteiger partial charge in [-0.2, -0.15) is 0 Å². The maximum absolute atomic E-state index is 11.5. The third-order valence-corrected chi connectivity index (χ3v) is 1.87. The van der Waals surface area contributed by atoms with Crippen LogP contribution in [-0.2, 0) is 4.79 Å². The number of hydrogen-bond donors (Lipinski definition) is 2. The number of amides is 1. The van der Waals surface area contributed by atoms with Crippen LogP contribution in [0.2, 0.25) is 0 Å². The Morgan fingerprint density at radius 1 is 1.56 bits per heavy atom. The minimum atomic E-state index is -0.0892. The maximum Gasteiger partial charge on any atom is 0.319 e. The molecule has 0 aliphatic heterocycles. The molecule has 3 N–H and O–H groups in total. The molecule has 1 aromatic rings. The van der Waals surface area contributed by atoms with E-state index in [9.17, 15) is 4.79 Å². The van der Waals surface area contributed by atoms with Gasteiger partial charge < -0.3 is 20.4 Å². The number of aromatic nitrogens is 2. The number of carbonyl (C=O) groups excluding carboxylic acids is 1. The highest BCUT2D eigenvalue weighted by Gasteiger charge is 2.15. The fourth-order valence-electron chi connectivity index (χ4n) is 1.21. The van der Waals surface area contributed by atoms with E-state index in [1.165, 1.54) is 0 Å². The lowest BCUT2D eigenvalue weighted by Gasteiger charge is -2.18. The molecule has 0 atom stereocenters. The molecule has 1 amide bonds. The summed E-state index contributed by atoms with van der Waals surface area (Å²) in [6, 6.07) is 0.371. The van der Waals surface area contributed by atoms with Gasteiger partial charge in [0.25, 0.3) is 0 Å². The summed E-state index contributed by atoms with van der Waals surface area (Å²) in [7, 11) is 0. The van der Waals surface area contributed by atoms with Crippen LogP contribution in [0.3, 0.4) is 0 Å². The first-order chi connectivity index (χ1) is 7.52. The van der Waals surface area contributed by atoms with Gasteiger partial charge in [0.2, 0.25) is 5.91 Å². The van der Waals surface area contributed by atoms with Gasteiger partial charge in [0.05, 0.1) is 0 Å². The number of hydrogen-bond acceptors (Lipinski definition) is 6. The van der Waals surface area contributed by atoms with Gasteiger partial charge in [0.15, 0.2) is 0 Å². The van der Waals surface area contributed by atoms with Crippen molar-refractivity contribution in [2.75, 3.05) is 23.7 Å². The molecule has 1 heterocycles. The highest BCUT2D eigenvalue weighted by atomic mass is 16.4. The predicted octanol–water partition coefficient (Wildman–Crippen LogP) is 0.00270. The van der Waals surface area contributed by atoms with Gasteiger partial charge in [-0.15, -0.1) is 0 Å². The normalized spacial score (nSPS) is 10.5. The first-order valence-corrected chi connectivity index (χ1v) is 5.16. The molecule has 0 saturated carbocycles. The van der Waals surface area contributed by atoms with Crippen LogP contribution in [0.25, 0.3) is 0 Å². The molecular weight excluding hydrogens is 210 g/mol. The lowest BCUT2D eigenvalue weighted by Crippen LogP contribution is -2.40. The summed E-state index contributed by atoms with van der Waals surface area (Å²) in [5.74, 6) is -0.0892. The minimum absolute atomic E-state index is 0.00211. The third kappa shape index (κ3) is 3.41. The van der Waals surface area contributed by atoms with Gasteiger partial charge in [-0.25, -0.2) is 0 Å². The second kappa shape index (κ2) is 5.34. The molecule has 0 saturated heterocycles. The van der Waals surface area contributed by atoms with Crippen LogP contribution in [0.15, 0.2) is 4.42 Å². The molecule has 16 heavy (non-hydrogen) atoms. The summed E-state index contributed by atoms with van der Waals surface area (Å²) >= 11 is 0. The monoisotopic (exact) mass is 227 g/mol. The van der Waals surface area contributed by atoms with E-state index in [0.29, 0.717) is 6.54 Å². The SMILES string of the molecule is CCN(CC(=O)NC(C)C)c1nnc(N)o1. The molecule has 0 spiro atoms. The van der Waals surface area contributed by atoms with Gasteiger partial charge in [-0.05, 0) is 20.8 Å². The van der Waals surface area contributed by atoms with E-state index in [2.05, 4.69) is 15.5 Å². The number of nitrogens with two attached hydrogens (primary N) is 1. The zero-order chi connectivity index (χ0) is 12.1. The highest BCUT2D eigenvalue weighted by molar-refractivity contribution is 5.80. The van der Waals surface area contributed by atoms with Crippen LogP contribution in [0.5, 0.6) is 0 Å². The molecule has 0 aromatic carbocycles. The fourth-order valence-corrected chi connectivity index (χ4v) is 1.21. The Morgan fingerprint density at radius 3 is 2.69 bits per heavy atom. The van der Waals surface area contributed by atoms with E-state index in [-0.39, 0.29) is 30.5 Å². The number of rotatable bonds is 5. The van der Waals surface area contributed by atoms with Crippen molar-refractivity contribution in [2.24, 2.45) is 0 Å². The van der Waals surface area contributed by atoms with Gasteiger partial charge >= 0.3 is 12.0 Å². The summed E-state index contributed by atoms with van der Waals surface area (Å²) in [4.78, 5) is 13.2. The number of nitrogens with one attached hydrogen (secondary N) is 1. The second-order valence-electron chi connectivity index (χ2n) is 3.66. The molecule has 7 heteroatoms. The molecule has 0 unspecified atom stereocenters. The quantitative estimate of drug-likeness (QED) is 0.735. The molecule has 90 valence electrons. The van der Waals surface area contributed by atoms with Gasteiger partial charge in [0.1, 0.15) is 6.54 Å². The molecule has 0 bridgehead atoms. The molecule has 0 aliphatic rings. The van der Waals surface area contributed by atoms with Crippen molar-refractivity contribution >= 4 is 17.9 Å². The Hall–Kier alpha value is -1.79. The fraction of sp³-hybridized carbons (Fsp3) is 0.667. The van der Waals surface area contributed by atoms with Gasteiger partial charge in [-0.1, -0.05) is 10.2 Å². The van der Waals surface area contributed by atoms with Gasteiger partial charge in [-0.3, -0.25) is 4.79 Å². The number of nitrogen functional groups attached to an aromatic ring is 1. The van der Waals surface area contributed by atoms with Crippen LogP contribution in [0.1, 0.15) is 20.8 Å². The number of likely N-dealkylation sites (N-methyl/N-ethyl adjacent to an activating group) is 1. The van der Waals surface area contributed by atoms with Crippen molar-refractivity contribution < 1.29 is 9.21 Å². The molecule has 0 fully saturated rings. The molecule has 0 aliphatic carbocycles. The molecule has 7 nitrogen and oxygen atoms in total. The van der Waals surface area contributed by atoms with Crippen molar-refractivity contribution in [1.29, 1.82) is 0 Å². The van der Waals surface area contributed by atoms with E-state index < -0.39 is 0 Å². The van der Waals surface area contributed by atoms with Crippen LogP contribution in [-0.4, -0.2) is 35.2 Å². The Balaban J connectivity index is 2.59. The summed E-state index contributed by atoms with van der Waals surface area (Å²) in [5.41, 5.74) is 5.32. The van der Waals surface area contributed by atoms with Crippen LogP contribution in [0.4, 0.5) is 12.0 Å². The topological polar surface area (TPSA) is 97.3 Å². The Labute approximate surface area is 94.0 Å². The average Bonchev–Trinajstić information content (AvgIpc) is 2.60. The van der Waals surface area contributed by atoms with Crippen LogP contribution >= 0.6 is 0 Å². The van der Waals surface area contributed by atoms with E-state index in [1.54, 1.807) is 4.90 Å². The summed E-state index contributed by atoms with van der Waals surface area (Å²) in [5, 5.41) is 10.0. The molecule has 0 radical (unpaired) electrons. The van der Waals surface area contributed by atoms with E-state index in [0.717, 1.165) is 0 Å². The van der Waals surface area contributed by atoms with Crippen LogP contribution in [0, 0.1) is 0 Å². The Morgan fingerprint density at radius 2 is 2.25 bits per heavy atom. The predicted molar refractivity (Wildman–Crippen MR) is 59.9 cm³/mol. The maximum atomic E-state index is 11.5. The third-order valence-electron chi connectivity index (χ3n) is 1.87. The standard InChI is InChI=1S/C9H17N5O2/c1-4-14(5-7(15)11-6(2)3)9-13-12-8(10)16-9/h6H,4-5H2,1-3H3,(H2,10,12)(H,11,15). The van der Waals surface area contributed by atoms with E-state index in [4.69, 9.17) is 10.2 Å². The van der Waals surface area contributed by atoms with Crippen molar-refractivity contribution in [3.8, 4) is 0 Å². The Kier molecular flexibility index (Phi) is 4.10. The Bertz CT molecular complexity index is 349. The largest absolute Gasteiger partial charge is 0.390 e. The lowest BCUT2D eigenvalue weighted by atomic mass is 10.4. The number of carbonyl (C=O) groups is 1. The smallest absolute Gasteiger partial charge is 0.319 e. The molecule has 1 rings (SSSR count). The van der Waals surface area contributed by atoms with Crippen molar-refractivity contribution in [3.05, 3.63) is 0 Å². The van der Waals surface area contributed by atoms with Gasteiger partial charge in [0, 0.05) is 12.6 Å². The highest BCUT2D eigenvalue weighted by Crippen LogP contribution is 2.12. The van der Waals surface area contributed by atoms with Crippen molar-refractivity contribution in [1.82, 2.24) is 15.5 Å². The first-order valence-electron chi connectivity index (χ1n) is 5.16. The minimum Gasteiger partial charge on any atom is -0.390 e. The van der Waals surface area contributed by atoms with E-state index in [1.807, 2.05) is 20.8 Å². The number of anilines is 2. The van der Waals surface area contributed by atoms with Crippen molar-refractivity contribution in [3.63, 3.8) is 0 Å². The van der Waals surface area contributed by atoms with E-state index >= 15 is 0 Å². The van der Waals surface area contributed by atoms with Crippen LogP contribution < -0.4 is 16.0 Å². The average molecular weight is 227 g/mol. The second-order valence-corrected chi connectivity index (χ2v) is 3.66. The molecule has 1 aromatic heterocycles. The summed E-state index contributed by atoms with van der Waals surface area (Å²) in [6.45, 7) is 6.46. The zero-order valence-corrected chi connectivity index (χ0v) is 9.73. The summed E-state index contributed by atoms with van der Waals surface area (Å²) < 4.78 is 5.04. The van der Waals surface area contributed by atoms with Crippen molar-refractivity contribution in [2.45, 2.75) is 26.8 Å².